The first-order valence-corrected chi connectivity index (χ1v) is 10.1. The van der Waals surface area contributed by atoms with Crippen molar-refractivity contribution in [2.75, 3.05) is 58.5 Å². The Balaban J connectivity index is 1.48. The molecule has 2 aromatic rings. The van der Waals surface area contributed by atoms with Crippen LogP contribution in [0.15, 0.2) is 47.6 Å². The van der Waals surface area contributed by atoms with Gasteiger partial charge in [-0.3, -0.25) is 4.99 Å². The summed E-state index contributed by atoms with van der Waals surface area (Å²) in [6.07, 6.45) is 1.82. The highest BCUT2D eigenvalue weighted by Gasteiger charge is 2.20. The van der Waals surface area contributed by atoms with Crippen LogP contribution in [-0.4, -0.2) is 69.4 Å². The number of piperazine rings is 1. The van der Waals surface area contributed by atoms with Crippen molar-refractivity contribution in [2.45, 2.75) is 6.54 Å². The molecular formula is C21H28ClN5O2. The molecule has 3 rings (SSSR count). The van der Waals surface area contributed by atoms with Gasteiger partial charge in [0.15, 0.2) is 5.96 Å². The van der Waals surface area contributed by atoms with E-state index in [0.717, 1.165) is 48.4 Å². The predicted molar refractivity (Wildman–Crippen MR) is 117 cm³/mol. The third-order valence-corrected chi connectivity index (χ3v) is 5.09. The molecule has 0 radical (unpaired) electrons. The summed E-state index contributed by atoms with van der Waals surface area (Å²) in [4.78, 5) is 13.4. The van der Waals surface area contributed by atoms with Crippen LogP contribution in [0.4, 0.5) is 5.69 Å². The first-order valence-electron chi connectivity index (χ1n) is 9.73. The quantitative estimate of drug-likeness (QED) is 0.424. The molecule has 0 spiro atoms. The molecule has 1 fully saturated rings. The number of ether oxygens (including phenoxy) is 2. The van der Waals surface area contributed by atoms with Crippen LogP contribution in [0.2, 0.25) is 5.02 Å². The zero-order valence-electron chi connectivity index (χ0n) is 17.0. The van der Waals surface area contributed by atoms with E-state index >= 15 is 0 Å². The minimum Gasteiger partial charge on any atom is -0.475 e. The van der Waals surface area contributed by atoms with Crippen LogP contribution < -0.4 is 15.0 Å². The summed E-state index contributed by atoms with van der Waals surface area (Å²) in [5.41, 5.74) is 2.16. The molecule has 1 aliphatic rings. The number of benzene rings is 1. The number of nitrogens with zero attached hydrogens (tertiary/aromatic N) is 4. The molecule has 0 atom stereocenters. The van der Waals surface area contributed by atoms with Crippen LogP contribution in [0.25, 0.3) is 0 Å². The fourth-order valence-corrected chi connectivity index (χ4v) is 3.47. The number of para-hydroxylation sites is 1. The van der Waals surface area contributed by atoms with Crippen molar-refractivity contribution in [1.82, 2.24) is 15.2 Å². The number of nitrogens with one attached hydrogen (secondary N) is 1. The molecule has 0 amide bonds. The van der Waals surface area contributed by atoms with Gasteiger partial charge in [0.2, 0.25) is 5.88 Å². The molecule has 1 N–H and O–H groups in total. The molecule has 1 aliphatic heterocycles. The zero-order chi connectivity index (χ0) is 20.5. The molecule has 1 saturated heterocycles. The third kappa shape index (κ3) is 5.98. The van der Waals surface area contributed by atoms with E-state index in [9.17, 15) is 0 Å². The number of pyridine rings is 1. The molecule has 156 valence electrons. The summed E-state index contributed by atoms with van der Waals surface area (Å²) in [7, 11) is 3.46. The van der Waals surface area contributed by atoms with Crippen LogP contribution in [0.5, 0.6) is 5.88 Å². The molecule has 29 heavy (non-hydrogen) atoms. The Morgan fingerprint density at radius 1 is 1.14 bits per heavy atom. The lowest BCUT2D eigenvalue weighted by Gasteiger charge is -2.38. The average molecular weight is 418 g/mol. The second-order valence-electron chi connectivity index (χ2n) is 6.67. The number of hydrogen-bond acceptors (Lipinski definition) is 5. The maximum Gasteiger partial charge on any atom is 0.213 e. The van der Waals surface area contributed by atoms with E-state index in [2.05, 4.69) is 31.2 Å². The number of methoxy groups -OCH3 is 1. The van der Waals surface area contributed by atoms with E-state index < -0.39 is 0 Å². The zero-order valence-corrected chi connectivity index (χ0v) is 17.7. The Labute approximate surface area is 177 Å². The summed E-state index contributed by atoms with van der Waals surface area (Å²) in [5.74, 6) is 1.50. The van der Waals surface area contributed by atoms with Gasteiger partial charge in [-0.05, 0) is 17.7 Å². The number of guanidine groups is 1. The van der Waals surface area contributed by atoms with Gasteiger partial charge in [-0.2, -0.15) is 0 Å². The average Bonchev–Trinajstić information content (AvgIpc) is 2.76. The highest BCUT2D eigenvalue weighted by atomic mass is 35.5. The Bertz CT molecular complexity index is 792. The SMILES string of the molecule is CN=C(NCc1ccc(OCCOC)nc1)N1CCN(c2ccccc2Cl)CC1. The van der Waals surface area contributed by atoms with E-state index in [-0.39, 0.29) is 0 Å². The second-order valence-corrected chi connectivity index (χ2v) is 7.08. The van der Waals surface area contributed by atoms with E-state index in [1.807, 2.05) is 43.6 Å². The van der Waals surface area contributed by atoms with Crippen LogP contribution in [0.3, 0.4) is 0 Å². The Morgan fingerprint density at radius 3 is 2.59 bits per heavy atom. The van der Waals surface area contributed by atoms with Crippen molar-refractivity contribution in [2.24, 2.45) is 4.99 Å². The predicted octanol–water partition coefficient (Wildman–Crippen LogP) is 2.66. The van der Waals surface area contributed by atoms with Gasteiger partial charge in [0.05, 0.1) is 17.3 Å². The Kier molecular flexibility index (Phi) is 7.95. The van der Waals surface area contributed by atoms with Crippen LogP contribution >= 0.6 is 11.6 Å². The fourth-order valence-electron chi connectivity index (χ4n) is 3.21. The van der Waals surface area contributed by atoms with Crippen molar-refractivity contribution in [3.63, 3.8) is 0 Å². The van der Waals surface area contributed by atoms with Gasteiger partial charge < -0.3 is 24.6 Å². The maximum atomic E-state index is 6.34. The monoisotopic (exact) mass is 417 g/mol. The summed E-state index contributed by atoms with van der Waals surface area (Å²) in [6, 6.07) is 11.9. The number of aliphatic imine (C=N–C) groups is 1. The van der Waals surface area contributed by atoms with Crippen molar-refractivity contribution < 1.29 is 9.47 Å². The molecular weight excluding hydrogens is 390 g/mol. The minimum atomic E-state index is 0.494. The lowest BCUT2D eigenvalue weighted by Crippen LogP contribution is -2.52. The molecule has 0 bridgehead atoms. The van der Waals surface area contributed by atoms with Crippen molar-refractivity contribution in [3.8, 4) is 5.88 Å². The molecule has 8 heteroatoms. The minimum absolute atomic E-state index is 0.494. The molecule has 7 nitrogen and oxygen atoms in total. The number of anilines is 1. The molecule has 0 aliphatic carbocycles. The summed E-state index contributed by atoms with van der Waals surface area (Å²) in [5, 5.41) is 4.22. The van der Waals surface area contributed by atoms with Gasteiger partial charge in [0, 0.05) is 59.1 Å². The highest BCUT2D eigenvalue weighted by Crippen LogP contribution is 2.26. The smallest absolute Gasteiger partial charge is 0.213 e. The highest BCUT2D eigenvalue weighted by molar-refractivity contribution is 6.33. The van der Waals surface area contributed by atoms with Crippen molar-refractivity contribution >= 4 is 23.2 Å². The topological polar surface area (TPSA) is 62.2 Å². The molecule has 1 aromatic carbocycles. The van der Waals surface area contributed by atoms with Gasteiger partial charge in [-0.1, -0.05) is 29.8 Å². The maximum absolute atomic E-state index is 6.34. The van der Waals surface area contributed by atoms with Crippen LogP contribution in [0.1, 0.15) is 5.56 Å². The Morgan fingerprint density at radius 2 is 1.93 bits per heavy atom. The van der Waals surface area contributed by atoms with Gasteiger partial charge >= 0.3 is 0 Å². The van der Waals surface area contributed by atoms with E-state index in [1.54, 1.807) is 7.11 Å². The van der Waals surface area contributed by atoms with Gasteiger partial charge in [-0.15, -0.1) is 0 Å². The fraction of sp³-hybridized carbons (Fsp3) is 0.429. The van der Waals surface area contributed by atoms with Crippen molar-refractivity contribution in [1.29, 1.82) is 0 Å². The lowest BCUT2D eigenvalue weighted by atomic mass is 10.2. The standard InChI is InChI=1S/C21H28ClN5O2/c1-23-21(25-16-17-7-8-20(24-15-17)29-14-13-28-2)27-11-9-26(10-12-27)19-6-4-3-5-18(19)22/h3-8,15H,9-14,16H2,1-2H3,(H,23,25). The van der Waals surface area contributed by atoms with E-state index in [4.69, 9.17) is 21.1 Å². The summed E-state index contributed by atoms with van der Waals surface area (Å²) >= 11 is 6.34. The first kappa shape index (κ1) is 21.2. The number of rotatable bonds is 7. The number of hydrogen-bond donors (Lipinski definition) is 1. The van der Waals surface area contributed by atoms with Gasteiger partial charge in [0.1, 0.15) is 6.61 Å². The second kappa shape index (κ2) is 10.9. The number of halogens is 1. The summed E-state index contributed by atoms with van der Waals surface area (Å²) in [6.45, 7) is 5.27. The van der Waals surface area contributed by atoms with E-state index in [0.29, 0.717) is 25.6 Å². The molecule has 0 saturated carbocycles. The first-order chi connectivity index (χ1) is 14.2. The van der Waals surface area contributed by atoms with Crippen LogP contribution in [0, 0.1) is 0 Å². The van der Waals surface area contributed by atoms with Crippen molar-refractivity contribution in [3.05, 3.63) is 53.2 Å². The van der Waals surface area contributed by atoms with Crippen LogP contribution in [-0.2, 0) is 11.3 Å². The Hall–Kier alpha value is -2.51. The third-order valence-electron chi connectivity index (χ3n) is 4.77. The van der Waals surface area contributed by atoms with Gasteiger partial charge in [0.25, 0.3) is 0 Å². The van der Waals surface area contributed by atoms with E-state index in [1.165, 1.54) is 0 Å². The molecule has 0 unspecified atom stereocenters. The lowest BCUT2D eigenvalue weighted by molar-refractivity contribution is 0.143. The molecule has 2 heterocycles. The summed E-state index contributed by atoms with van der Waals surface area (Å²) < 4.78 is 10.5. The van der Waals surface area contributed by atoms with Gasteiger partial charge in [-0.25, -0.2) is 4.98 Å². The largest absolute Gasteiger partial charge is 0.475 e. The normalized spacial score (nSPS) is 14.8. The molecule has 1 aromatic heterocycles. The number of aromatic nitrogens is 1.